The molecule has 0 heterocycles. The lowest BCUT2D eigenvalue weighted by Gasteiger charge is -2.22. The van der Waals surface area contributed by atoms with Crippen molar-refractivity contribution < 1.29 is 23.5 Å². The number of benzene rings is 2. The Bertz CT molecular complexity index is 878. The fourth-order valence-electron chi connectivity index (χ4n) is 2.07. The number of amides is 1. The van der Waals surface area contributed by atoms with E-state index < -0.39 is 23.1 Å². The molecule has 0 saturated heterocycles. The first-order chi connectivity index (χ1) is 12.6. The number of aliphatic hydroxyl groups is 1. The van der Waals surface area contributed by atoms with Crippen LogP contribution in [-0.4, -0.2) is 23.2 Å². The topological polar surface area (TPSA) is 70.6 Å². The summed E-state index contributed by atoms with van der Waals surface area (Å²) in [7, 11) is 0. The highest BCUT2D eigenvalue weighted by Crippen LogP contribution is 2.32. The lowest BCUT2D eigenvalue weighted by Crippen LogP contribution is -2.38. The van der Waals surface area contributed by atoms with Gasteiger partial charge in [-0.2, -0.15) is 0 Å². The monoisotopic (exact) mass is 554 g/mol. The van der Waals surface area contributed by atoms with Crippen molar-refractivity contribution in [3.05, 3.63) is 55.1 Å². The van der Waals surface area contributed by atoms with Gasteiger partial charge in [0, 0.05) is 9.26 Å². The van der Waals surface area contributed by atoms with E-state index in [1.807, 2.05) is 13.0 Å². The summed E-state index contributed by atoms with van der Waals surface area (Å²) >= 11 is 5.05. The summed E-state index contributed by atoms with van der Waals surface area (Å²) in [6.45, 7) is 4.58. The molecule has 0 bridgehead atoms. The van der Waals surface area contributed by atoms with E-state index in [-0.39, 0.29) is 22.3 Å². The Balaban J connectivity index is 2.43. The minimum absolute atomic E-state index is 0.160. The van der Waals surface area contributed by atoms with Gasteiger partial charge in [-0.1, -0.05) is 0 Å². The van der Waals surface area contributed by atoms with Crippen molar-refractivity contribution in [3.63, 3.8) is 0 Å². The Morgan fingerprint density at radius 2 is 1.96 bits per heavy atom. The van der Waals surface area contributed by atoms with Gasteiger partial charge in [0.25, 0.3) is 5.91 Å². The van der Waals surface area contributed by atoms with Crippen LogP contribution < -0.4 is 10.8 Å². The second kappa shape index (κ2) is 8.80. The number of nitrogens with one attached hydrogen (secondary N) is 2. The largest absolute Gasteiger partial charge is 0.393 e. The number of aliphatic hydroxyl groups excluding tert-OH is 1. The van der Waals surface area contributed by atoms with Gasteiger partial charge in [-0.15, -0.1) is 0 Å². The van der Waals surface area contributed by atoms with Crippen molar-refractivity contribution in [2.75, 3.05) is 11.9 Å². The Morgan fingerprint density at radius 1 is 1.30 bits per heavy atom. The SMILES string of the molecule is Cc1cc(I)ccc1Nc1c(C(=O)NOC(C)(C)CO)cc(Br)c(F)c1F. The first kappa shape index (κ1) is 22.0. The van der Waals surface area contributed by atoms with Crippen LogP contribution in [0.15, 0.2) is 28.7 Å². The smallest absolute Gasteiger partial charge is 0.277 e. The average molecular weight is 555 g/mol. The van der Waals surface area contributed by atoms with Crippen molar-refractivity contribution in [1.29, 1.82) is 0 Å². The molecular weight excluding hydrogens is 537 g/mol. The molecule has 0 spiro atoms. The number of carbonyl (C=O) groups excluding carboxylic acids is 1. The Morgan fingerprint density at radius 3 is 2.56 bits per heavy atom. The van der Waals surface area contributed by atoms with Crippen LogP contribution in [0.25, 0.3) is 0 Å². The first-order valence-corrected chi connectivity index (χ1v) is 9.73. The zero-order chi connectivity index (χ0) is 20.4. The summed E-state index contributed by atoms with van der Waals surface area (Å²) < 4.78 is 29.4. The summed E-state index contributed by atoms with van der Waals surface area (Å²) in [5.41, 5.74) is 1.98. The van der Waals surface area contributed by atoms with Crippen molar-refractivity contribution >= 4 is 55.8 Å². The molecule has 3 N–H and O–H groups in total. The Hall–Kier alpha value is -1.30. The molecule has 1 amide bonds. The molecule has 0 aliphatic heterocycles. The standard InChI is InChI=1S/C18H18BrF2IN2O3/c1-9-6-10(22)4-5-13(9)23-16-11(7-12(19)14(20)15(16)21)17(26)24-27-18(2,3)8-25/h4-7,23,25H,8H2,1-3H3,(H,24,26). The maximum Gasteiger partial charge on any atom is 0.277 e. The number of rotatable bonds is 6. The van der Waals surface area contributed by atoms with Crippen molar-refractivity contribution in [3.8, 4) is 0 Å². The molecule has 0 aliphatic rings. The summed E-state index contributed by atoms with van der Waals surface area (Å²) in [5, 5.41) is 12.0. The quantitative estimate of drug-likeness (QED) is 0.272. The number of hydrogen-bond donors (Lipinski definition) is 3. The van der Waals surface area contributed by atoms with E-state index in [1.165, 1.54) is 0 Å². The van der Waals surface area contributed by atoms with Gasteiger partial charge < -0.3 is 10.4 Å². The zero-order valence-corrected chi connectivity index (χ0v) is 18.5. The summed E-state index contributed by atoms with van der Waals surface area (Å²) in [6.07, 6.45) is 0. The van der Waals surface area contributed by atoms with E-state index >= 15 is 0 Å². The van der Waals surface area contributed by atoms with Gasteiger partial charge in [-0.25, -0.2) is 14.3 Å². The van der Waals surface area contributed by atoms with Crippen LogP contribution in [0.4, 0.5) is 20.2 Å². The van der Waals surface area contributed by atoms with E-state index in [9.17, 15) is 18.7 Å². The number of halogens is 4. The molecule has 146 valence electrons. The van der Waals surface area contributed by atoms with Gasteiger partial charge in [0.1, 0.15) is 5.60 Å². The van der Waals surface area contributed by atoms with Crippen molar-refractivity contribution in [2.45, 2.75) is 26.4 Å². The molecule has 9 heteroatoms. The maximum atomic E-state index is 14.6. The number of hydrogen-bond acceptors (Lipinski definition) is 4. The van der Waals surface area contributed by atoms with Gasteiger partial charge in [-0.05, 0) is 89.1 Å². The fraction of sp³-hybridized carbons (Fsp3) is 0.278. The van der Waals surface area contributed by atoms with E-state index in [0.29, 0.717) is 5.69 Å². The Kier molecular flexibility index (Phi) is 7.17. The highest BCUT2D eigenvalue weighted by molar-refractivity contribution is 14.1. The summed E-state index contributed by atoms with van der Waals surface area (Å²) in [6, 6.07) is 6.54. The Labute approximate surface area is 177 Å². The molecule has 0 radical (unpaired) electrons. The van der Waals surface area contributed by atoms with Crippen molar-refractivity contribution in [2.24, 2.45) is 0 Å². The van der Waals surface area contributed by atoms with Crippen LogP contribution in [0.1, 0.15) is 29.8 Å². The minimum Gasteiger partial charge on any atom is -0.393 e. The molecule has 0 atom stereocenters. The molecule has 5 nitrogen and oxygen atoms in total. The van der Waals surface area contributed by atoms with Crippen LogP contribution >= 0.6 is 38.5 Å². The van der Waals surface area contributed by atoms with E-state index in [4.69, 9.17) is 4.84 Å². The molecule has 0 aromatic heterocycles. The summed E-state index contributed by atoms with van der Waals surface area (Å²) in [5.74, 6) is -3.11. The van der Waals surface area contributed by atoms with Crippen LogP contribution in [0.2, 0.25) is 0 Å². The third-order valence-electron chi connectivity index (χ3n) is 3.66. The molecule has 2 aromatic rings. The average Bonchev–Trinajstić information content (AvgIpc) is 2.61. The van der Waals surface area contributed by atoms with E-state index in [1.54, 1.807) is 26.0 Å². The number of hydroxylamine groups is 1. The molecule has 2 rings (SSSR count). The molecule has 0 saturated carbocycles. The number of anilines is 2. The third-order valence-corrected chi connectivity index (χ3v) is 4.90. The van der Waals surface area contributed by atoms with Gasteiger partial charge in [0.05, 0.1) is 22.3 Å². The second-order valence-electron chi connectivity index (χ2n) is 6.44. The highest BCUT2D eigenvalue weighted by atomic mass is 127. The van der Waals surface area contributed by atoms with Gasteiger partial charge in [0.15, 0.2) is 11.6 Å². The molecule has 0 fully saturated rings. The lowest BCUT2D eigenvalue weighted by atomic mass is 10.1. The normalized spacial score (nSPS) is 11.4. The van der Waals surface area contributed by atoms with Crippen LogP contribution in [-0.2, 0) is 4.84 Å². The van der Waals surface area contributed by atoms with Crippen LogP contribution in [0.3, 0.4) is 0 Å². The number of carbonyl (C=O) groups is 1. The molecular formula is C18H18BrF2IN2O3. The van der Waals surface area contributed by atoms with Crippen LogP contribution in [0, 0.1) is 22.1 Å². The molecule has 2 aromatic carbocycles. The predicted molar refractivity (Wildman–Crippen MR) is 111 cm³/mol. The van der Waals surface area contributed by atoms with Crippen molar-refractivity contribution in [1.82, 2.24) is 5.48 Å². The van der Waals surface area contributed by atoms with E-state index in [0.717, 1.165) is 15.2 Å². The lowest BCUT2D eigenvalue weighted by molar-refractivity contribution is -0.0956. The highest BCUT2D eigenvalue weighted by Gasteiger charge is 2.25. The number of aryl methyl sites for hydroxylation is 1. The molecule has 0 unspecified atom stereocenters. The zero-order valence-electron chi connectivity index (χ0n) is 14.8. The first-order valence-electron chi connectivity index (χ1n) is 7.85. The summed E-state index contributed by atoms with van der Waals surface area (Å²) in [4.78, 5) is 17.6. The molecule has 27 heavy (non-hydrogen) atoms. The predicted octanol–water partition coefficient (Wildman–Crippen LogP) is 4.82. The fourth-order valence-corrected chi connectivity index (χ4v) is 3.12. The second-order valence-corrected chi connectivity index (χ2v) is 8.54. The van der Waals surface area contributed by atoms with Crippen LogP contribution in [0.5, 0.6) is 0 Å². The minimum atomic E-state index is -1.20. The van der Waals surface area contributed by atoms with Gasteiger partial charge >= 0.3 is 0 Å². The maximum absolute atomic E-state index is 14.6. The third kappa shape index (κ3) is 5.37. The van der Waals surface area contributed by atoms with Gasteiger partial charge in [-0.3, -0.25) is 9.63 Å². The van der Waals surface area contributed by atoms with E-state index in [2.05, 4.69) is 49.3 Å². The van der Waals surface area contributed by atoms with Gasteiger partial charge in [0.2, 0.25) is 0 Å². The molecule has 0 aliphatic carbocycles.